The lowest BCUT2D eigenvalue weighted by Crippen LogP contribution is -2.85. The second-order valence-electron chi connectivity index (χ2n) is 37.9. The number of epoxide rings is 4. The van der Waals surface area contributed by atoms with Crippen LogP contribution in [0.25, 0.3) is 0 Å². The van der Waals surface area contributed by atoms with Crippen molar-refractivity contribution in [2.75, 3.05) is 0 Å². The smallest absolute Gasteiger partial charge is 0.413 e. The van der Waals surface area contributed by atoms with Crippen molar-refractivity contribution in [3.8, 4) is 0 Å². The third-order valence-electron chi connectivity index (χ3n) is 26.7. The van der Waals surface area contributed by atoms with Crippen LogP contribution in [0.5, 0.6) is 0 Å². The summed E-state index contributed by atoms with van der Waals surface area (Å²) in [5, 5.41) is 5.51. The van der Waals surface area contributed by atoms with Gasteiger partial charge in [-0.1, -0.05) is 268 Å². The van der Waals surface area contributed by atoms with Crippen molar-refractivity contribution in [1.82, 2.24) is 0 Å². The van der Waals surface area contributed by atoms with E-state index in [0.717, 1.165) is 137 Å². The van der Waals surface area contributed by atoms with Crippen molar-refractivity contribution in [3.63, 3.8) is 0 Å². The predicted molar refractivity (Wildman–Crippen MR) is 487 cm³/mol. The Morgan fingerprint density at radius 3 is 0.908 bits per heavy atom. The summed E-state index contributed by atoms with van der Waals surface area (Å²) in [4.78, 5) is 0. The number of hydrogen-bond donors (Lipinski definition) is 0. The molecule has 8 heterocycles. The molecule has 0 radical (unpaired) electrons. The van der Waals surface area contributed by atoms with Gasteiger partial charge in [-0.3, -0.25) is 0 Å². The molecular formula is C89H118O18Si12. The molecule has 20 rings (SSSR count). The van der Waals surface area contributed by atoms with Crippen molar-refractivity contribution in [2.24, 2.45) is 23.7 Å². The van der Waals surface area contributed by atoms with Crippen LogP contribution in [0.2, 0.25) is 76.6 Å². The number of hydrogen-bond acceptors (Lipinski definition) is 18. The molecule has 0 N–H and O–H groups in total. The Hall–Kier alpha value is -4.36. The highest BCUT2D eigenvalue weighted by Gasteiger charge is 2.79. The van der Waals surface area contributed by atoms with Gasteiger partial charge in [-0.25, -0.2) is 0 Å². The predicted octanol–water partition coefficient (Wildman–Crippen LogP) is 13.3. The minimum absolute atomic E-state index is 0.302. The summed E-state index contributed by atoms with van der Waals surface area (Å²) in [5.74, 6) is 0.251. The molecule has 0 amide bonds. The lowest BCUT2D eigenvalue weighted by molar-refractivity contribution is -0.00944. The fourth-order valence-corrected chi connectivity index (χ4v) is 77.3. The third-order valence-corrected chi connectivity index (χ3v) is 73.9. The fraction of sp³-hybridized carbons (Fsp3) is 0.461. The average molecular weight is 1810 g/mol. The maximum Gasteiger partial charge on any atom is 0.524 e. The molecule has 19 atom stereocenters. The first kappa shape index (κ1) is 84.2. The highest BCUT2D eigenvalue weighted by Crippen LogP contribution is 2.50. The van der Waals surface area contributed by atoms with Crippen LogP contribution in [0.15, 0.2) is 243 Å². The van der Waals surface area contributed by atoms with Crippen LogP contribution in [0.4, 0.5) is 0 Å². The van der Waals surface area contributed by atoms with Gasteiger partial charge in [0.1, 0.15) is 0 Å². The molecular weight excluding hydrogens is 1690 g/mol. The zero-order valence-electron chi connectivity index (χ0n) is 70.2. The molecule has 0 aromatic heterocycles. The van der Waals surface area contributed by atoms with Gasteiger partial charge in [-0.2, -0.15) is 0 Å². The van der Waals surface area contributed by atoms with Gasteiger partial charge < -0.3 is 77.2 Å². The Morgan fingerprint density at radius 1 is 0.277 bits per heavy atom. The number of benzene rings is 8. The van der Waals surface area contributed by atoms with Crippen LogP contribution in [0.3, 0.4) is 0 Å². The van der Waals surface area contributed by atoms with Crippen molar-refractivity contribution in [1.29, 1.82) is 0 Å². The molecule has 119 heavy (non-hydrogen) atoms. The van der Waals surface area contributed by atoms with Gasteiger partial charge in [0.05, 0.1) is 48.8 Å². The van der Waals surface area contributed by atoms with Crippen LogP contribution in [-0.2, 0) is 77.2 Å². The molecule has 630 valence electrons. The van der Waals surface area contributed by atoms with Crippen LogP contribution < -0.4 is 41.5 Å². The van der Waals surface area contributed by atoms with Gasteiger partial charge in [-0.05, 0) is 188 Å². The molecule has 8 aromatic rings. The Bertz CT molecular complexity index is 4640. The molecule has 12 fully saturated rings. The molecule has 8 saturated heterocycles. The minimum atomic E-state index is -5.36. The van der Waals surface area contributed by atoms with Gasteiger partial charge in [-0.15, -0.1) is 0 Å². The zero-order valence-corrected chi connectivity index (χ0v) is 82.3. The number of fused-ring (bicyclic) bond motifs is 12. The summed E-state index contributed by atoms with van der Waals surface area (Å²) >= 11 is 0. The molecule has 8 aliphatic heterocycles. The quantitative estimate of drug-likeness (QED) is 0.0333. The van der Waals surface area contributed by atoms with E-state index in [1.54, 1.807) is 0 Å². The van der Waals surface area contributed by atoms with E-state index in [0.29, 0.717) is 104 Å². The van der Waals surface area contributed by atoms with E-state index in [-0.39, 0.29) is 0 Å². The van der Waals surface area contributed by atoms with Crippen LogP contribution >= 0.6 is 0 Å². The van der Waals surface area contributed by atoms with Gasteiger partial charge in [0.2, 0.25) is 0 Å². The first-order valence-electron chi connectivity index (χ1n) is 44.3. The molecule has 4 saturated carbocycles. The highest BCUT2D eigenvalue weighted by atomic mass is 28.6. The lowest BCUT2D eigenvalue weighted by Gasteiger charge is -2.53. The average Bonchev–Trinajstić information content (AvgIpc) is 1.35. The van der Waals surface area contributed by atoms with Gasteiger partial charge in [0.25, 0.3) is 0 Å². The fourth-order valence-electron chi connectivity index (χ4n) is 19.9. The van der Waals surface area contributed by atoms with Gasteiger partial charge in [0, 0.05) is 31.1 Å². The molecule has 12 aliphatic rings. The largest absolute Gasteiger partial charge is 0.524 e. The topological polar surface area (TPSA) is 179 Å². The van der Waals surface area contributed by atoms with Gasteiger partial charge in [0.15, 0.2) is 39.2 Å². The molecule has 4 aliphatic carbocycles. The zero-order chi connectivity index (χ0) is 81.4. The minimum Gasteiger partial charge on any atom is -0.413 e. The highest BCUT2D eigenvalue weighted by molar-refractivity contribution is 7.08. The lowest BCUT2D eigenvalue weighted by atomic mass is 9.88. The van der Waals surface area contributed by atoms with E-state index in [1.165, 1.54) is 0 Å². The van der Waals surface area contributed by atoms with Crippen molar-refractivity contribution in [2.45, 2.75) is 234 Å². The summed E-state index contributed by atoms with van der Waals surface area (Å²) in [6.07, 6.45) is 19.2. The second kappa shape index (κ2) is 34.1. The summed E-state index contributed by atoms with van der Waals surface area (Å²) in [6.45, 7) is 18.7. The standard InChI is InChI=1S/C89H118O18Si12/c1-109(2,61-57-69-49-53-81-85(65-69)90-81)98-114(75-37-21-11-22-38-75)94-89-95-115(76-39-23-12-24-40-76)104-118(79-45-29-15-30-46-79,100-111(5,6)63-59-71-51-55-83-87(67-71)92-83)106-117(78-43-27-14-28-44-78,107-119(105-115,80-47-31-16-32-48-80)101-112(7,8)64-60-72-52-56-84-88(68-72)93-84)97-108(73-33-17-9-18-34-73)96-116(77-41-25-13-26-42-77,103-113(89,102-114)74-35-19-10-20-36-74)99-110(3,4)62-58-70-50-54-82-86(66-70)91-82/h9-48,69-72,81-89,108H,49-68H2,1-8H3. The molecule has 0 spiro atoms. The normalized spacial score (nSPS) is 36.2. The van der Waals surface area contributed by atoms with E-state index in [4.69, 9.17) is 64.8 Å². The Balaban J connectivity index is 0.906. The van der Waals surface area contributed by atoms with E-state index >= 15 is 0 Å². The monoisotopic (exact) mass is 1810 g/mol. The second-order valence-corrected chi connectivity index (χ2v) is 78.3. The maximum absolute atomic E-state index is 9.19. The van der Waals surface area contributed by atoms with Crippen molar-refractivity contribution in [3.05, 3.63) is 243 Å². The molecule has 19 unspecified atom stereocenters. The summed E-state index contributed by atoms with van der Waals surface area (Å²) in [5.41, 5.74) is 0. The molecule has 30 heteroatoms. The Kier molecular flexibility index (Phi) is 24.1. The van der Waals surface area contributed by atoms with E-state index in [1.807, 2.05) is 66.7 Å². The number of ether oxygens (including phenoxy) is 4. The Labute approximate surface area is 717 Å². The van der Waals surface area contributed by atoms with E-state index in [9.17, 15) is 12.3 Å². The molecule has 8 aromatic carbocycles. The SMILES string of the molecule is C[Si](C)(CCC1CCC2OC2C1)O[Si]1(c2ccccc2)O[Si]2(c3ccccc3)OC3O[Si](O[Si](C)(C)CCC4CCC5OC5C4)(c4ccccc4)O[Si]3(c3ccccc3)O[Si](O[Si](C)(C)CCC3CCC4OC4C3)(c3ccccc3)O[SiH](c3ccccc3)O[Si](c3ccccc3)(O1)O[Si](O[Si](C)(C)CCC1CCC3OC3C1)(c1ccccc1)O2. The van der Waals surface area contributed by atoms with Crippen LogP contribution in [-0.4, -0.2) is 159 Å². The maximum atomic E-state index is 9.19. The molecule has 18 nitrogen and oxygen atoms in total. The summed E-state index contributed by atoms with van der Waals surface area (Å²) in [7, 11) is -51.5. The van der Waals surface area contributed by atoms with Gasteiger partial charge >= 0.3 is 70.7 Å². The Morgan fingerprint density at radius 2 is 0.555 bits per heavy atom. The third kappa shape index (κ3) is 18.6. The first-order valence-corrected chi connectivity index (χ1v) is 70.5. The summed E-state index contributed by atoms with van der Waals surface area (Å²) < 4.78 is 150. The number of rotatable bonds is 28. The van der Waals surface area contributed by atoms with E-state index in [2.05, 4.69) is 228 Å². The first-order chi connectivity index (χ1) is 57.5. The van der Waals surface area contributed by atoms with E-state index < -0.39 is 110 Å². The van der Waals surface area contributed by atoms with Crippen LogP contribution in [0, 0.1) is 23.7 Å². The summed E-state index contributed by atoms with van der Waals surface area (Å²) in [6, 6.07) is 86.2. The van der Waals surface area contributed by atoms with Crippen molar-refractivity contribution >= 4 is 145 Å². The van der Waals surface area contributed by atoms with Crippen molar-refractivity contribution < 1.29 is 77.2 Å². The molecule has 2 bridgehead atoms. The van der Waals surface area contributed by atoms with Crippen LogP contribution in [0.1, 0.15) is 103 Å².